The first kappa shape index (κ1) is 29.4. The molecule has 0 atom stereocenters. The lowest BCUT2D eigenvalue weighted by Crippen LogP contribution is -1.96. The van der Waals surface area contributed by atoms with Crippen LogP contribution in [0.4, 0.5) is 0 Å². The van der Waals surface area contributed by atoms with Crippen LogP contribution < -0.4 is 0 Å². The molecule has 1 aliphatic rings. The summed E-state index contributed by atoms with van der Waals surface area (Å²) in [5.74, 6) is 0.723. The number of aromatic nitrogens is 3. The zero-order chi connectivity index (χ0) is 35.8. The van der Waals surface area contributed by atoms with Crippen LogP contribution in [0, 0.1) is 0 Å². The summed E-state index contributed by atoms with van der Waals surface area (Å²) in [4.78, 5) is 11.0. The summed E-state index contributed by atoms with van der Waals surface area (Å²) in [6.45, 7) is 0. The van der Waals surface area contributed by atoms with Gasteiger partial charge in [-0.05, 0) is 65.0 Å². The Bertz CT molecular complexity index is 3610. The highest BCUT2D eigenvalue weighted by Gasteiger charge is 2.30. The molecule has 8 aromatic carbocycles. The Kier molecular flexibility index (Phi) is 5.74. The van der Waals surface area contributed by atoms with Gasteiger partial charge in [0.15, 0.2) is 5.82 Å². The molecular formula is C50H27N3OS. The van der Waals surface area contributed by atoms with Crippen molar-refractivity contribution < 1.29 is 4.42 Å². The lowest BCUT2D eigenvalue weighted by molar-refractivity contribution is 0.670. The molecule has 55 heavy (non-hydrogen) atoms. The van der Waals surface area contributed by atoms with Crippen LogP contribution in [0.3, 0.4) is 0 Å². The van der Waals surface area contributed by atoms with Crippen molar-refractivity contribution in [2.75, 3.05) is 0 Å². The predicted molar refractivity (Wildman–Crippen MR) is 229 cm³/mol. The third-order valence-corrected chi connectivity index (χ3v) is 12.7. The summed E-state index contributed by atoms with van der Waals surface area (Å²) in [6, 6.07) is 58.6. The molecule has 0 spiro atoms. The van der Waals surface area contributed by atoms with Crippen LogP contribution in [-0.2, 0) is 0 Å². The lowest BCUT2D eigenvalue weighted by atomic mass is 9.97. The quantitative estimate of drug-likeness (QED) is 0.183. The highest BCUT2D eigenvalue weighted by atomic mass is 32.1. The average molecular weight is 718 g/mol. The van der Waals surface area contributed by atoms with Crippen molar-refractivity contribution >= 4 is 86.2 Å². The number of fused-ring (bicyclic) bond motifs is 13. The van der Waals surface area contributed by atoms with Crippen molar-refractivity contribution in [1.82, 2.24) is 14.5 Å². The Morgan fingerprint density at radius 1 is 0.509 bits per heavy atom. The number of hydrogen-bond donors (Lipinski definition) is 0. The minimum atomic E-state index is 0.723. The lowest BCUT2D eigenvalue weighted by Gasteiger charge is -2.12. The summed E-state index contributed by atoms with van der Waals surface area (Å²) in [6.07, 6.45) is 0. The van der Waals surface area contributed by atoms with Crippen molar-refractivity contribution in [1.29, 1.82) is 0 Å². The predicted octanol–water partition coefficient (Wildman–Crippen LogP) is 14.0. The number of rotatable bonds is 3. The van der Waals surface area contributed by atoms with Crippen LogP contribution in [0.5, 0.6) is 0 Å². The van der Waals surface area contributed by atoms with E-state index in [0.29, 0.717) is 0 Å². The molecule has 12 aromatic rings. The fraction of sp³-hybridized carbons (Fsp3) is 0. The molecule has 5 heteroatoms. The fourth-order valence-electron chi connectivity index (χ4n) is 9.22. The van der Waals surface area contributed by atoms with Crippen molar-refractivity contribution in [3.8, 4) is 50.6 Å². The topological polar surface area (TPSA) is 43.9 Å². The minimum Gasteiger partial charge on any atom is -0.455 e. The van der Waals surface area contributed by atoms with E-state index in [9.17, 15) is 0 Å². The Hall–Kier alpha value is -7.08. The van der Waals surface area contributed by atoms with Gasteiger partial charge in [-0.3, -0.25) is 0 Å². The van der Waals surface area contributed by atoms with Crippen LogP contribution in [0.2, 0.25) is 0 Å². The fourth-order valence-corrected chi connectivity index (χ4v) is 10.4. The number of thiophene rings is 1. The van der Waals surface area contributed by atoms with Gasteiger partial charge in [-0.1, -0.05) is 115 Å². The van der Waals surface area contributed by atoms with Gasteiger partial charge in [-0.2, -0.15) is 0 Å². The van der Waals surface area contributed by atoms with E-state index in [1.807, 2.05) is 6.07 Å². The van der Waals surface area contributed by atoms with E-state index in [0.717, 1.165) is 82.6 Å². The molecule has 0 amide bonds. The Morgan fingerprint density at radius 3 is 2.18 bits per heavy atom. The molecule has 0 N–H and O–H groups in total. The van der Waals surface area contributed by atoms with Gasteiger partial charge >= 0.3 is 0 Å². The summed E-state index contributed by atoms with van der Waals surface area (Å²) >= 11 is 1.77. The molecule has 13 rings (SSSR count). The molecule has 4 nitrogen and oxygen atoms in total. The maximum absolute atomic E-state index is 6.65. The van der Waals surface area contributed by atoms with Gasteiger partial charge in [-0.25, -0.2) is 9.97 Å². The van der Waals surface area contributed by atoms with Gasteiger partial charge in [0.1, 0.15) is 11.2 Å². The molecule has 1 aliphatic carbocycles. The van der Waals surface area contributed by atoms with E-state index >= 15 is 0 Å². The zero-order valence-corrected chi connectivity index (χ0v) is 30.1. The van der Waals surface area contributed by atoms with Crippen LogP contribution >= 0.6 is 11.3 Å². The van der Waals surface area contributed by atoms with E-state index < -0.39 is 0 Å². The van der Waals surface area contributed by atoms with E-state index in [1.54, 1.807) is 11.3 Å². The summed E-state index contributed by atoms with van der Waals surface area (Å²) in [5, 5.41) is 8.27. The second kappa shape index (κ2) is 10.8. The largest absolute Gasteiger partial charge is 0.455 e. The van der Waals surface area contributed by atoms with Gasteiger partial charge in [-0.15, -0.1) is 11.3 Å². The third kappa shape index (κ3) is 3.94. The van der Waals surface area contributed by atoms with Crippen molar-refractivity contribution in [3.05, 3.63) is 164 Å². The van der Waals surface area contributed by atoms with Crippen molar-refractivity contribution in [2.45, 2.75) is 0 Å². The number of nitrogens with zero attached hydrogens (tertiary/aromatic N) is 3. The second-order valence-corrected chi connectivity index (χ2v) is 15.5. The summed E-state index contributed by atoms with van der Waals surface area (Å²) < 4.78 is 11.3. The minimum absolute atomic E-state index is 0.723. The van der Waals surface area contributed by atoms with Gasteiger partial charge in [0.2, 0.25) is 0 Å². The van der Waals surface area contributed by atoms with Crippen molar-refractivity contribution in [3.63, 3.8) is 0 Å². The first-order chi connectivity index (χ1) is 27.3. The molecule has 0 saturated heterocycles. The second-order valence-electron chi connectivity index (χ2n) is 14.5. The molecule has 0 fully saturated rings. The van der Waals surface area contributed by atoms with Gasteiger partial charge in [0.05, 0.1) is 26.9 Å². The van der Waals surface area contributed by atoms with Crippen LogP contribution in [0.25, 0.3) is 125 Å². The molecular weight excluding hydrogens is 691 g/mol. The number of benzene rings is 8. The molecule has 0 unspecified atom stereocenters. The molecule has 0 radical (unpaired) electrons. The molecule has 0 aliphatic heterocycles. The van der Waals surface area contributed by atoms with Gasteiger partial charge < -0.3 is 8.98 Å². The average Bonchev–Trinajstić information content (AvgIpc) is 3.99. The summed E-state index contributed by atoms with van der Waals surface area (Å²) in [7, 11) is 0. The molecule has 0 bridgehead atoms. The highest BCUT2D eigenvalue weighted by molar-refractivity contribution is 7.26. The molecule has 254 valence electrons. The number of furan rings is 1. The molecule has 0 saturated carbocycles. The van der Waals surface area contributed by atoms with Crippen LogP contribution in [-0.4, -0.2) is 14.5 Å². The SMILES string of the molecule is c1ccc(-n2c3ccccc3c3cc(-c4nc(-c5cccc6c5-c5cccc7cc8c(oc9ccccc98)c-6c57)nc5c4sc4ccccc45)ccc32)cc1. The van der Waals surface area contributed by atoms with Gasteiger partial charge in [0, 0.05) is 65.0 Å². The van der Waals surface area contributed by atoms with E-state index in [-0.39, 0.29) is 0 Å². The zero-order valence-electron chi connectivity index (χ0n) is 29.2. The van der Waals surface area contributed by atoms with E-state index in [1.165, 1.54) is 42.8 Å². The first-order valence-corrected chi connectivity index (χ1v) is 19.4. The van der Waals surface area contributed by atoms with Crippen LogP contribution in [0.1, 0.15) is 0 Å². The number of para-hydroxylation sites is 3. The molecule has 4 aromatic heterocycles. The highest BCUT2D eigenvalue weighted by Crippen LogP contribution is 2.54. The standard InChI is InChI=1S/C50H27N3OS/c1-2-13-30(14-3-1)53-39-21-7-4-15-31(39)37-27-29(24-25-40(37)53)46-49-47(33-17-6-9-23-42(33)55-49)52-50(51-46)36-20-11-19-35-44(36)34-18-10-12-28-26-38-32-16-5-8-22-41(32)54-48(38)45(35)43(28)34/h1-27H. The monoisotopic (exact) mass is 717 g/mol. The maximum Gasteiger partial charge on any atom is 0.161 e. The Morgan fingerprint density at radius 2 is 1.25 bits per heavy atom. The first-order valence-electron chi connectivity index (χ1n) is 18.6. The third-order valence-electron chi connectivity index (χ3n) is 11.5. The normalized spacial score (nSPS) is 12.4. The Balaban J connectivity index is 1.09. The van der Waals surface area contributed by atoms with E-state index in [4.69, 9.17) is 14.4 Å². The van der Waals surface area contributed by atoms with E-state index in [2.05, 4.69) is 162 Å². The smallest absolute Gasteiger partial charge is 0.161 e. The Labute approximate surface area is 318 Å². The molecule has 4 heterocycles. The number of hydrogen-bond acceptors (Lipinski definition) is 4. The van der Waals surface area contributed by atoms with Crippen molar-refractivity contribution in [2.24, 2.45) is 0 Å². The summed E-state index contributed by atoms with van der Waals surface area (Å²) in [5.41, 5.74) is 14.0. The van der Waals surface area contributed by atoms with Crippen LogP contribution in [0.15, 0.2) is 168 Å². The maximum atomic E-state index is 6.65. The van der Waals surface area contributed by atoms with Gasteiger partial charge in [0.25, 0.3) is 0 Å².